The fourth-order valence-electron chi connectivity index (χ4n) is 3.17. The summed E-state index contributed by atoms with van der Waals surface area (Å²) < 4.78 is 20.6. The van der Waals surface area contributed by atoms with E-state index in [1.807, 2.05) is 23.0 Å². The molecule has 4 rings (SSSR count). The Hall–Kier alpha value is -3.33. The lowest BCUT2D eigenvalue weighted by Gasteiger charge is -2.12. The molecule has 0 saturated heterocycles. The predicted octanol–water partition coefficient (Wildman–Crippen LogP) is 3.92. The number of fused-ring (bicyclic) bond motifs is 2. The number of hydrogen-bond acceptors (Lipinski definition) is 3. The van der Waals surface area contributed by atoms with Crippen LogP contribution in [0.25, 0.3) is 21.8 Å². The molecular formula is C19H15FN4O. The first kappa shape index (κ1) is 15.2. The normalized spacial score (nSPS) is 11.1. The van der Waals surface area contributed by atoms with Crippen molar-refractivity contribution in [1.29, 1.82) is 5.26 Å². The predicted molar refractivity (Wildman–Crippen MR) is 93.2 cm³/mol. The van der Waals surface area contributed by atoms with Crippen molar-refractivity contribution in [3.8, 4) is 11.8 Å². The van der Waals surface area contributed by atoms with E-state index in [2.05, 4.69) is 16.2 Å². The summed E-state index contributed by atoms with van der Waals surface area (Å²) in [6, 6.07) is 11.2. The summed E-state index contributed by atoms with van der Waals surface area (Å²) in [6.07, 6.45) is 3.73. The largest absolute Gasteiger partial charge is 0.496 e. The molecule has 0 amide bonds. The number of aromatic nitrogens is 3. The van der Waals surface area contributed by atoms with Gasteiger partial charge in [-0.05, 0) is 30.3 Å². The van der Waals surface area contributed by atoms with E-state index in [-0.39, 0.29) is 0 Å². The Balaban J connectivity index is 1.83. The summed E-state index contributed by atoms with van der Waals surface area (Å²) in [7, 11) is 1.58. The molecule has 124 valence electrons. The zero-order chi connectivity index (χ0) is 17.4. The average Bonchev–Trinajstić information content (AvgIpc) is 3.27. The minimum absolute atomic E-state index is 0.487. The van der Waals surface area contributed by atoms with Gasteiger partial charge in [0.25, 0.3) is 0 Å². The number of nitriles is 1. The molecule has 1 N–H and O–H groups in total. The highest BCUT2D eigenvalue weighted by Gasteiger charge is 2.15. The molecule has 4 aromatic rings. The third-order valence-electron chi connectivity index (χ3n) is 4.36. The molecule has 2 heterocycles. The molecule has 0 spiro atoms. The van der Waals surface area contributed by atoms with Gasteiger partial charge in [0.1, 0.15) is 12.4 Å². The molecule has 0 bridgehead atoms. The number of alkyl halides is 1. The van der Waals surface area contributed by atoms with Crippen LogP contribution in [0.5, 0.6) is 5.75 Å². The fourth-order valence-corrected chi connectivity index (χ4v) is 3.17. The molecule has 0 aliphatic carbocycles. The number of ether oxygens (including phenoxy) is 1. The van der Waals surface area contributed by atoms with Gasteiger partial charge in [-0.1, -0.05) is 0 Å². The maximum Gasteiger partial charge on any atom is 0.125 e. The standard InChI is InChI=1S/C19H15FN4O/c1-25-18-7-14(8-20)19-15(4-5-22-19)16(18)11-24-10-13-3-2-12(9-21)6-17(13)23-24/h2-7,10,22H,8,11H2,1H3. The Bertz CT molecular complexity index is 1120. The van der Waals surface area contributed by atoms with E-state index in [1.165, 1.54) is 0 Å². The van der Waals surface area contributed by atoms with Crippen LogP contribution in [0.3, 0.4) is 0 Å². The molecule has 2 aromatic carbocycles. The molecule has 0 unspecified atom stereocenters. The Morgan fingerprint density at radius 3 is 2.96 bits per heavy atom. The maximum atomic E-state index is 13.3. The van der Waals surface area contributed by atoms with Crippen LogP contribution in [-0.4, -0.2) is 21.9 Å². The lowest BCUT2D eigenvalue weighted by atomic mass is 10.0. The summed E-state index contributed by atoms with van der Waals surface area (Å²) in [5, 5.41) is 15.5. The maximum absolute atomic E-state index is 13.3. The highest BCUT2D eigenvalue weighted by molar-refractivity contribution is 5.88. The number of halogens is 1. The number of benzene rings is 2. The van der Waals surface area contributed by atoms with E-state index in [1.54, 1.807) is 31.5 Å². The number of hydrogen-bond donors (Lipinski definition) is 1. The highest BCUT2D eigenvalue weighted by Crippen LogP contribution is 2.32. The molecular weight excluding hydrogens is 319 g/mol. The van der Waals surface area contributed by atoms with E-state index in [4.69, 9.17) is 10.00 Å². The molecule has 2 aromatic heterocycles. The van der Waals surface area contributed by atoms with Crippen LogP contribution in [0.15, 0.2) is 42.7 Å². The summed E-state index contributed by atoms with van der Waals surface area (Å²) in [6.45, 7) is -0.0725. The van der Waals surface area contributed by atoms with Crippen LogP contribution < -0.4 is 4.74 Å². The smallest absolute Gasteiger partial charge is 0.125 e. The third-order valence-corrected chi connectivity index (χ3v) is 4.36. The molecule has 25 heavy (non-hydrogen) atoms. The van der Waals surface area contributed by atoms with Crippen molar-refractivity contribution < 1.29 is 9.13 Å². The number of rotatable bonds is 4. The van der Waals surface area contributed by atoms with Crippen molar-refractivity contribution in [2.75, 3.05) is 7.11 Å². The van der Waals surface area contributed by atoms with Gasteiger partial charge in [0.15, 0.2) is 0 Å². The molecule has 6 heteroatoms. The van der Waals surface area contributed by atoms with Gasteiger partial charge in [0, 0.05) is 34.3 Å². The minimum atomic E-state index is -0.559. The molecule has 5 nitrogen and oxygen atoms in total. The topological polar surface area (TPSA) is 66.6 Å². The number of nitrogens with one attached hydrogen (secondary N) is 1. The van der Waals surface area contributed by atoms with Crippen molar-refractivity contribution in [2.45, 2.75) is 13.2 Å². The van der Waals surface area contributed by atoms with E-state index < -0.39 is 6.67 Å². The first-order valence-corrected chi connectivity index (χ1v) is 7.82. The number of methoxy groups -OCH3 is 1. The lowest BCUT2D eigenvalue weighted by Crippen LogP contribution is -2.04. The van der Waals surface area contributed by atoms with Crippen LogP contribution in [0.1, 0.15) is 16.7 Å². The van der Waals surface area contributed by atoms with Gasteiger partial charge in [0.05, 0.1) is 36.3 Å². The lowest BCUT2D eigenvalue weighted by molar-refractivity contribution is 0.406. The molecule has 0 radical (unpaired) electrons. The second-order valence-electron chi connectivity index (χ2n) is 5.83. The van der Waals surface area contributed by atoms with Crippen LogP contribution in [0.2, 0.25) is 0 Å². The fraction of sp³-hybridized carbons (Fsp3) is 0.158. The van der Waals surface area contributed by atoms with E-state index in [0.29, 0.717) is 23.4 Å². The van der Waals surface area contributed by atoms with E-state index >= 15 is 0 Å². The van der Waals surface area contributed by atoms with Gasteiger partial charge in [-0.15, -0.1) is 0 Å². The van der Waals surface area contributed by atoms with Gasteiger partial charge in [-0.3, -0.25) is 4.68 Å². The Labute approximate surface area is 143 Å². The highest BCUT2D eigenvalue weighted by atomic mass is 19.1. The quantitative estimate of drug-likeness (QED) is 0.615. The molecule has 0 aliphatic heterocycles. The summed E-state index contributed by atoms with van der Waals surface area (Å²) in [4.78, 5) is 3.10. The van der Waals surface area contributed by atoms with Crippen molar-refractivity contribution >= 4 is 21.8 Å². The molecule has 0 saturated carbocycles. The van der Waals surface area contributed by atoms with Gasteiger partial charge in [0.2, 0.25) is 0 Å². The van der Waals surface area contributed by atoms with Crippen molar-refractivity contribution in [3.05, 3.63) is 59.4 Å². The van der Waals surface area contributed by atoms with Crippen molar-refractivity contribution in [3.63, 3.8) is 0 Å². The van der Waals surface area contributed by atoms with Gasteiger partial charge < -0.3 is 9.72 Å². The summed E-state index contributed by atoms with van der Waals surface area (Å²) >= 11 is 0. The van der Waals surface area contributed by atoms with Gasteiger partial charge in [-0.2, -0.15) is 10.4 Å². The minimum Gasteiger partial charge on any atom is -0.496 e. The third kappa shape index (κ3) is 2.50. The van der Waals surface area contributed by atoms with E-state index in [9.17, 15) is 4.39 Å². The van der Waals surface area contributed by atoms with Crippen LogP contribution >= 0.6 is 0 Å². The molecule has 0 fully saturated rings. The zero-order valence-corrected chi connectivity index (χ0v) is 13.6. The summed E-state index contributed by atoms with van der Waals surface area (Å²) in [5.41, 5.74) is 3.63. The van der Waals surface area contributed by atoms with Crippen molar-refractivity contribution in [2.24, 2.45) is 0 Å². The molecule has 0 atom stereocenters. The second-order valence-corrected chi connectivity index (χ2v) is 5.83. The zero-order valence-electron chi connectivity index (χ0n) is 13.6. The second kappa shape index (κ2) is 5.95. The van der Waals surface area contributed by atoms with Gasteiger partial charge >= 0.3 is 0 Å². The monoisotopic (exact) mass is 334 g/mol. The Morgan fingerprint density at radius 2 is 2.20 bits per heavy atom. The first-order chi connectivity index (χ1) is 12.2. The van der Waals surface area contributed by atoms with Crippen molar-refractivity contribution in [1.82, 2.24) is 14.8 Å². The number of H-pyrrole nitrogens is 1. The van der Waals surface area contributed by atoms with Crippen LogP contribution in [0, 0.1) is 11.3 Å². The average molecular weight is 334 g/mol. The number of aromatic amines is 1. The number of nitrogens with zero attached hydrogens (tertiary/aromatic N) is 3. The first-order valence-electron chi connectivity index (χ1n) is 7.82. The van der Waals surface area contributed by atoms with Gasteiger partial charge in [-0.25, -0.2) is 4.39 Å². The molecule has 0 aliphatic rings. The van der Waals surface area contributed by atoms with Crippen LogP contribution in [-0.2, 0) is 13.2 Å². The van der Waals surface area contributed by atoms with E-state index in [0.717, 1.165) is 27.4 Å². The Kier molecular flexibility index (Phi) is 3.62. The summed E-state index contributed by atoms with van der Waals surface area (Å²) in [5.74, 6) is 0.636. The van der Waals surface area contributed by atoms with Crippen LogP contribution in [0.4, 0.5) is 4.39 Å². The SMILES string of the molecule is COc1cc(CF)c2[nH]ccc2c1Cn1cc2ccc(C#N)cc2n1. The Morgan fingerprint density at radius 1 is 1.32 bits per heavy atom.